The Kier molecular flexibility index (Phi) is 5.13. The van der Waals surface area contributed by atoms with Gasteiger partial charge in [-0.05, 0) is 5.56 Å². The van der Waals surface area contributed by atoms with Crippen molar-refractivity contribution < 1.29 is 14.3 Å². The first kappa shape index (κ1) is 16.5. The van der Waals surface area contributed by atoms with E-state index in [0.29, 0.717) is 6.61 Å². The van der Waals surface area contributed by atoms with Crippen LogP contribution in [0.15, 0.2) is 48.5 Å². The fourth-order valence-electron chi connectivity index (χ4n) is 2.95. The summed E-state index contributed by atoms with van der Waals surface area (Å²) in [6, 6.07) is 15.3. The zero-order chi connectivity index (χ0) is 16.9. The number of hydrogen-bond acceptors (Lipinski definition) is 4. The van der Waals surface area contributed by atoms with Gasteiger partial charge in [0.15, 0.2) is 0 Å². The Balaban J connectivity index is 1.87. The van der Waals surface area contributed by atoms with Crippen LogP contribution in [0.3, 0.4) is 0 Å². The van der Waals surface area contributed by atoms with Gasteiger partial charge in [-0.3, -0.25) is 4.79 Å². The normalized spacial score (nSPS) is 17.5. The summed E-state index contributed by atoms with van der Waals surface area (Å²) in [4.78, 5) is 12.2. The molecule has 3 rings (SSSR count). The van der Waals surface area contributed by atoms with Crippen LogP contribution < -0.4 is 15.8 Å². The van der Waals surface area contributed by atoms with Gasteiger partial charge in [-0.15, -0.1) is 0 Å². The van der Waals surface area contributed by atoms with Gasteiger partial charge in [0.05, 0.1) is 19.3 Å². The van der Waals surface area contributed by atoms with Crippen molar-refractivity contribution in [2.45, 2.75) is 18.5 Å². The summed E-state index contributed by atoms with van der Waals surface area (Å²) in [6.07, 6.45) is 0.719. The quantitative estimate of drug-likeness (QED) is 0.884. The van der Waals surface area contributed by atoms with E-state index in [1.54, 1.807) is 0 Å². The molecule has 2 unspecified atom stereocenters. The molecule has 5 heteroatoms. The second-order valence-corrected chi connectivity index (χ2v) is 5.85. The van der Waals surface area contributed by atoms with Crippen molar-refractivity contribution in [2.24, 2.45) is 5.73 Å². The van der Waals surface area contributed by atoms with Crippen molar-refractivity contribution in [2.75, 3.05) is 20.3 Å². The Labute approximate surface area is 141 Å². The molecule has 1 aliphatic rings. The Hall–Kier alpha value is -2.37. The van der Waals surface area contributed by atoms with Crippen LogP contribution in [-0.4, -0.2) is 32.3 Å². The molecule has 24 heavy (non-hydrogen) atoms. The summed E-state index contributed by atoms with van der Waals surface area (Å²) in [5.74, 6) is 0.625. The summed E-state index contributed by atoms with van der Waals surface area (Å²) < 4.78 is 10.9. The Morgan fingerprint density at radius 3 is 2.83 bits per heavy atom. The number of rotatable bonds is 5. The van der Waals surface area contributed by atoms with E-state index >= 15 is 0 Å². The van der Waals surface area contributed by atoms with Crippen LogP contribution in [0, 0.1) is 0 Å². The minimum absolute atomic E-state index is 0.104. The molecule has 0 aliphatic carbocycles. The number of amides is 1. The molecule has 0 saturated heterocycles. The maximum atomic E-state index is 12.2. The molecule has 1 heterocycles. The average Bonchev–Trinajstić information content (AvgIpc) is 2.62. The third-order valence-electron chi connectivity index (χ3n) is 4.16. The first-order chi connectivity index (χ1) is 11.7. The molecule has 0 fully saturated rings. The minimum Gasteiger partial charge on any atom is -0.492 e. The standard InChI is InChI=1S/C19H22N2O3/c1-23-12-16(20)19(22)21-17-10-11-24-18-14(8-5-9-15(17)18)13-6-3-2-4-7-13/h2-9,16-17H,10-12,20H2,1H3,(H,21,22). The van der Waals surface area contributed by atoms with Gasteiger partial charge in [-0.1, -0.05) is 48.5 Å². The summed E-state index contributed by atoms with van der Waals surface area (Å²) >= 11 is 0. The van der Waals surface area contributed by atoms with Crippen LogP contribution in [0.1, 0.15) is 18.0 Å². The van der Waals surface area contributed by atoms with E-state index in [-0.39, 0.29) is 18.6 Å². The lowest BCUT2D eigenvalue weighted by Crippen LogP contribution is -2.45. The van der Waals surface area contributed by atoms with Gasteiger partial charge in [-0.25, -0.2) is 0 Å². The second kappa shape index (κ2) is 7.47. The van der Waals surface area contributed by atoms with Gasteiger partial charge in [0, 0.05) is 24.7 Å². The monoisotopic (exact) mass is 326 g/mol. The molecule has 126 valence electrons. The lowest BCUT2D eigenvalue weighted by molar-refractivity contribution is -0.124. The Bertz CT molecular complexity index is 703. The van der Waals surface area contributed by atoms with Crippen molar-refractivity contribution in [3.05, 3.63) is 54.1 Å². The van der Waals surface area contributed by atoms with Crippen LogP contribution in [-0.2, 0) is 9.53 Å². The number of carbonyl (C=O) groups excluding carboxylic acids is 1. The van der Waals surface area contributed by atoms with Gasteiger partial charge in [-0.2, -0.15) is 0 Å². The molecule has 1 aliphatic heterocycles. The van der Waals surface area contributed by atoms with E-state index in [4.69, 9.17) is 15.2 Å². The number of carbonyl (C=O) groups is 1. The summed E-state index contributed by atoms with van der Waals surface area (Å²) in [5.41, 5.74) is 8.93. The van der Waals surface area contributed by atoms with Crippen molar-refractivity contribution in [3.8, 4) is 16.9 Å². The molecule has 2 aromatic carbocycles. The Morgan fingerprint density at radius 2 is 2.08 bits per heavy atom. The number of benzene rings is 2. The third kappa shape index (κ3) is 3.42. The highest BCUT2D eigenvalue weighted by atomic mass is 16.5. The topological polar surface area (TPSA) is 73.6 Å². The summed E-state index contributed by atoms with van der Waals surface area (Å²) in [6.45, 7) is 0.757. The maximum Gasteiger partial charge on any atom is 0.239 e. The van der Waals surface area contributed by atoms with E-state index in [2.05, 4.69) is 17.4 Å². The van der Waals surface area contributed by atoms with Crippen LogP contribution >= 0.6 is 0 Å². The molecule has 0 aromatic heterocycles. The van der Waals surface area contributed by atoms with E-state index < -0.39 is 6.04 Å². The predicted octanol–water partition coefficient (Wildman–Crippen LogP) is 2.27. The average molecular weight is 326 g/mol. The van der Waals surface area contributed by atoms with E-state index in [9.17, 15) is 4.79 Å². The predicted molar refractivity (Wildman–Crippen MR) is 92.7 cm³/mol. The molecule has 2 aromatic rings. The molecule has 2 atom stereocenters. The summed E-state index contributed by atoms with van der Waals surface area (Å²) in [7, 11) is 1.53. The minimum atomic E-state index is -0.668. The lowest BCUT2D eigenvalue weighted by atomic mass is 9.94. The number of nitrogens with two attached hydrogens (primary N) is 1. The highest BCUT2D eigenvalue weighted by Gasteiger charge is 2.26. The second-order valence-electron chi connectivity index (χ2n) is 5.85. The molecule has 0 radical (unpaired) electrons. The fourth-order valence-corrected chi connectivity index (χ4v) is 2.95. The molecule has 5 nitrogen and oxygen atoms in total. The smallest absolute Gasteiger partial charge is 0.239 e. The largest absolute Gasteiger partial charge is 0.492 e. The van der Waals surface area contributed by atoms with Crippen molar-refractivity contribution in [1.82, 2.24) is 5.32 Å². The van der Waals surface area contributed by atoms with E-state index in [1.165, 1.54) is 7.11 Å². The fraction of sp³-hybridized carbons (Fsp3) is 0.316. The number of nitrogens with one attached hydrogen (secondary N) is 1. The molecular weight excluding hydrogens is 304 g/mol. The molecule has 0 spiro atoms. The highest BCUT2D eigenvalue weighted by molar-refractivity contribution is 5.82. The summed E-state index contributed by atoms with van der Waals surface area (Å²) in [5, 5.41) is 3.01. The molecule has 0 saturated carbocycles. The van der Waals surface area contributed by atoms with Crippen LogP contribution in [0.2, 0.25) is 0 Å². The number of methoxy groups -OCH3 is 1. The van der Waals surface area contributed by atoms with Gasteiger partial charge in [0.2, 0.25) is 5.91 Å². The first-order valence-corrected chi connectivity index (χ1v) is 8.06. The van der Waals surface area contributed by atoms with Crippen molar-refractivity contribution in [3.63, 3.8) is 0 Å². The first-order valence-electron chi connectivity index (χ1n) is 8.06. The van der Waals surface area contributed by atoms with Crippen LogP contribution in [0.25, 0.3) is 11.1 Å². The molecular formula is C19H22N2O3. The molecule has 1 amide bonds. The number of hydrogen-bond donors (Lipinski definition) is 2. The van der Waals surface area contributed by atoms with Crippen molar-refractivity contribution >= 4 is 5.91 Å². The van der Waals surface area contributed by atoms with E-state index in [1.807, 2.05) is 36.4 Å². The SMILES string of the molecule is COCC(N)C(=O)NC1CCOc2c(-c3ccccc3)cccc21. The third-order valence-corrected chi connectivity index (χ3v) is 4.16. The zero-order valence-electron chi connectivity index (χ0n) is 13.7. The van der Waals surface area contributed by atoms with E-state index in [0.717, 1.165) is 28.9 Å². The molecule has 3 N–H and O–H groups in total. The van der Waals surface area contributed by atoms with Crippen LogP contribution in [0.5, 0.6) is 5.75 Å². The lowest BCUT2D eigenvalue weighted by Gasteiger charge is -2.29. The number of fused-ring (bicyclic) bond motifs is 1. The zero-order valence-corrected chi connectivity index (χ0v) is 13.7. The van der Waals surface area contributed by atoms with Gasteiger partial charge >= 0.3 is 0 Å². The number of para-hydroxylation sites is 1. The van der Waals surface area contributed by atoms with Gasteiger partial charge in [0.1, 0.15) is 11.8 Å². The molecule has 0 bridgehead atoms. The Morgan fingerprint density at radius 1 is 1.29 bits per heavy atom. The van der Waals surface area contributed by atoms with Gasteiger partial charge < -0.3 is 20.5 Å². The highest BCUT2D eigenvalue weighted by Crippen LogP contribution is 2.39. The number of ether oxygens (including phenoxy) is 2. The van der Waals surface area contributed by atoms with Gasteiger partial charge in [0.25, 0.3) is 0 Å². The maximum absolute atomic E-state index is 12.2. The van der Waals surface area contributed by atoms with Crippen LogP contribution in [0.4, 0.5) is 0 Å². The van der Waals surface area contributed by atoms with Crippen molar-refractivity contribution in [1.29, 1.82) is 0 Å².